The number of fused-ring (bicyclic) bond motifs is 1. The van der Waals surface area contributed by atoms with E-state index in [-0.39, 0.29) is 5.82 Å². The van der Waals surface area contributed by atoms with Gasteiger partial charge in [0.25, 0.3) is 0 Å². The molecule has 0 saturated carbocycles. The third-order valence-corrected chi connectivity index (χ3v) is 3.56. The van der Waals surface area contributed by atoms with E-state index in [9.17, 15) is 4.39 Å². The molecule has 3 heteroatoms. The van der Waals surface area contributed by atoms with Crippen molar-refractivity contribution in [3.8, 4) is 0 Å². The van der Waals surface area contributed by atoms with Gasteiger partial charge >= 0.3 is 0 Å². The zero-order chi connectivity index (χ0) is 13.2. The van der Waals surface area contributed by atoms with Crippen LogP contribution in [0.15, 0.2) is 42.5 Å². The molecule has 3 rings (SSSR count). The summed E-state index contributed by atoms with van der Waals surface area (Å²) in [5.74, 6) is -0.211. The Bertz CT molecular complexity index is 578. The highest BCUT2D eigenvalue weighted by atomic mass is 19.1. The van der Waals surface area contributed by atoms with E-state index in [1.54, 1.807) is 12.1 Å². The van der Waals surface area contributed by atoms with E-state index in [0.29, 0.717) is 0 Å². The second kappa shape index (κ2) is 4.92. The first-order chi connectivity index (χ1) is 9.22. The molecule has 2 aromatic rings. The standard InChI is InChI=1S/C16H17FN2/c1-19-10-2-3-12-11-15(8-9-16(12)19)18-14-6-4-13(17)5-7-14/h4-9,11,18H,2-3,10H2,1H3. The van der Waals surface area contributed by atoms with E-state index in [1.165, 1.54) is 29.8 Å². The molecule has 2 aromatic carbocycles. The predicted molar refractivity (Wildman–Crippen MR) is 77.7 cm³/mol. The van der Waals surface area contributed by atoms with Gasteiger partial charge in [0, 0.05) is 30.7 Å². The molecule has 1 aliphatic heterocycles. The molecule has 0 unspecified atom stereocenters. The van der Waals surface area contributed by atoms with Crippen molar-refractivity contribution in [3.63, 3.8) is 0 Å². The number of benzene rings is 2. The first-order valence-electron chi connectivity index (χ1n) is 6.59. The van der Waals surface area contributed by atoms with Crippen LogP contribution < -0.4 is 10.2 Å². The summed E-state index contributed by atoms with van der Waals surface area (Å²) >= 11 is 0. The number of hydrogen-bond acceptors (Lipinski definition) is 2. The van der Waals surface area contributed by atoms with Crippen LogP contribution in [-0.4, -0.2) is 13.6 Å². The Hall–Kier alpha value is -2.03. The van der Waals surface area contributed by atoms with E-state index >= 15 is 0 Å². The maximum Gasteiger partial charge on any atom is 0.123 e. The third kappa shape index (κ3) is 2.55. The fourth-order valence-corrected chi connectivity index (χ4v) is 2.56. The topological polar surface area (TPSA) is 15.3 Å². The summed E-state index contributed by atoms with van der Waals surface area (Å²) in [7, 11) is 2.13. The Labute approximate surface area is 112 Å². The van der Waals surface area contributed by atoms with Crippen molar-refractivity contribution in [1.82, 2.24) is 0 Å². The Morgan fingerprint density at radius 3 is 2.58 bits per heavy atom. The summed E-state index contributed by atoms with van der Waals surface area (Å²) in [6.45, 7) is 1.12. The summed E-state index contributed by atoms with van der Waals surface area (Å²) in [5, 5.41) is 3.31. The molecule has 19 heavy (non-hydrogen) atoms. The van der Waals surface area contributed by atoms with Crippen LogP contribution in [0, 0.1) is 5.82 Å². The highest BCUT2D eigenvalue weighted by Crippen LogP contribution is 2.29. The number of anilines is 3. The molecule has 0 saturated heterocycles. The monoisotopic (exact) mass is 256 g/mol. The van der Waals surface area contributed by atoms with Gasteiger partial charge in [-0.3, -0.25) is 0 Å². The van der Waals surface area contributed by atoms with Crippen molar-refractivity contribution in [3.05, 3.63) is 53.8 Å². The minimum Gasteiger partial charge on any atom is -0.374 e. The van der Waals surface area contributed by atoms with Gasteiger partial charge in [0.1, 0.15) is 5.82 Å². The smallest absolute Gasteiger partial charge is 0.123 e. The minimum absolute atomic E-state index is 0.211. The quantitative estimate of drug-likeness (QED) is 0.875. The van der Waals surface area contributed by atoms with E-state index in [4.69, 9.17) is 0 Å². The lowest BCUT2D eigenvalue weighted by molar-refractivity contribution is 0.628. The molecular formula is C16H17FN2. The van der Waals surface area contributed by atoms with Gasteiger partial charge in [-0.1, -0.05) is 0 Å². The van der Waals surface area contributed by atoms with Gasteiger partial charge in [0.15, 0.2) is 0 Å². The third-order valence-electron chi connectivity index (χ3n) is 3.56. The molecule has 0 spiro atoms. The van der Waals surface area contributed by atoms with Crippen LogP contribution >= 0.6 is 0 Å². The van der Waals surface area contributed by atoms with Crippen LogP contribution in [-0.2, 0) is 6.42 Å². The number of hydrogen-bond donors (Lipinski definition) is 1. The molecule has 0 bridgehead atoms. The van der Waals surface area contributed by atoms with Crippen LogP contribution in [0.25, 0.3) is 0 Å². The van der Waals surface area contributed by atoms with Crippen LogP contribution in [0.1, 0.15) is 12.0 Å². The van der Waals surface area contributed by atoms with Gasteiger partial charge in [-0.15, -0.1) is 0 Å². The molecule has 1 aliphatic rings. The molecule has 0 radical (unpaired) electrons. The molecule has 0 amide bonds. The highest BCUT2D eigenvalue weighted by Gasteiger charge is 2.13. The molecular weight excluding hydrogens is 239 g/mol. The van der Waals surface area contributed by atoms with Crippen molar-refractivity contribution in [2.45, 2.75) is 12.8 Å². The number of aryl methyl sites for hydroxylation is 1. The first-order valence-corrected chi connectivity index (χ1v) is 6.59. The summed E-state index contributed by atoms with van der Waals surface area (Å²) in [6.07, 6.45) is 2.32. The van der Waals surface area contributed by atoms with Gasteiger partial charge in [-0.25, -0.2) is 4.39 Å². The number of halogens is 1. The summed E-state index contributed by atoms with van der Waals surface area (Å²) in [5.41, 5.74) is 4.66. The van der Waals surface area contributed by atoms with Crippen molar-refractivity contribution in [2.24, 2.45) is 0 Å². The minimum atomic E-state index is -0.211. The number of nitrogens with one attached hydrogen (secondary N) is 1. The second-order valence-corrected chi connectivity index (χ2v) is 5.00. The van der Waals surface area contributed by atoms with Crippen molar-refractivity contribution < 1.29 is 4.39 Å². The maximum atomic E-state index is 12.9. The van der Waals surface area contributed by atoms with Crippen molar-refractivity contribution >= 4 is 17.1 Å². The van der Waals surface area contributed by atoms with E-state index in [1.807, 2.05) is 0 Å². The average molecular weight is 256 g/mol. The summed E-state index contributed by atoms with van der Waals surface area (Å²) in [4.78, 5) is 2.29. The average Bonchev–Trinajstić information content (AvgIpc) is 2.42. The zero-order valence-electron chi connectivity index (χ0n) is 11.0. The fraction of sp³-hybridized carbons (Fsp3) is 0.250. The Kier molecular flexibility index (Phi) is 3.11. The number of rotatable bonds is 2. The molecule has 1 heterocycles. The molecule has 0 aromatic heterocycles. The van der Waals surface area contributed by atoms with E-state index in [0.717, 1.165) is 24.3 Å². The Balaban J connectivity index is 1.84. The van der Waals surface area contributed by atoms with Crippen LogP contribution in [0.2, 0.25) is 0 Å². The summed E-state index contributed by atoms with van der Waals surface area (Å²) < 4.78 is 12.9. The lowest BCUT2D eigenvalue weighted by atomic mass is 10.0. The van der Waals surface area contributed by atoms with Gasteiger partial charge in [-0.2, -0.15) is 0 Å². The first kappa shape index (κ1) is 12.0. The van der Waals surface area contributed by atoms with Crippen molar-refractivity contribution in [2.75, 3.05) is 23.8 Å². The molecule has 2 nitrogen and oxygen atoms in total. The largest absolute Gasteiger partial charge is 0.374 e. The summed E-state index contributed by atoms with van der Waals surface area (Å²) in [6, 6.07) is 12.9. The van der Waals surface area contributed by atoms with E-state index in [2.05, 4.69) is 35.5 Å². The lowest BCUT2D eigenvalue weighted by Gasteiger charge is -2.27. The van der Waals surface area contributed by atoms with Gasteiger partial charge in [-0.05, 0) is 60.9 Å². The Morgan fingerprint density at radius 2 is 1.79 bits per heavy atom. The highest BCUT2D eigenvalue weighted by molar-refractivity contribution is 5.66. The zero-order valence-corrected chi connectivity index (χ0v) is 11.0. The van der Waals surface area contributed by atoms with Gasteiger partial charge < -0.3 is 10.2 Å². The molecule has 0 fully saturated rings. The Morgan fingerprint density at radius 1 is 1.05 bits per heavy atom. The molecule has 0 atom stereocenters. The van der Waals surface area contributed by atoms with Crippen LogP contribution in [0.5, 0.6) is 0 Å². The molecule has 98 valence electrons. The molecule has 0 aliphatic carbocycles. The van der Waals surface area contributed by atoms with Gasteiger partial charge in [0.2, 0.25) is 0 Å². The molecule has 1 N–H and O–H groups in total. The van der Waals surface area contributed by atoms with Crippen LogP contribution in [0.4, 0.5) is 21.5 Å². The van der Waals surface area contributed by atoms with E-state index < -0.39 is 0 Å². The fourth-order valence-electron chi connectivity index (χ4n) is 2.56. The SMILES string of the molecule is CN1CCCc2cc(Nc3ccc(F)cc3)ccc21. The maximum absolute atomic E-state index is 12.9. The van der Waals surface area contributed by atoms with Gasteiger partial charge in [0.05, 0.1) is 0 Å². The predicted octanol–water partition coefficient (Wildman–Crippen LogP) is 3.95. The van der Waals surface area contributed by atoms with Crippen molar-refractivity contribution in [1.29, 1.82) is 0 Å². The second-order valence-electron chi connectivity index (χ2n) is 5.00. The number of nitrogens with zero attached hydrogens (tertiary/aromatic N) is 1. The normalized spacial score (nSPS) is 14.1. The van der Waals surface area contributed by atoms with Crippen LogP contribution in [0.3, 0.4) is 0 Å². The lowest BCUT2D eigenvalue weighted by Crippen LogP contribution is -2.24.